The van der Waals surface area contributed by atoms with Gasteiger partial charge in [-0.1, -0.05) is 49.4 Å². The van der Waals surface area contributed by atoms with Crippen molar-refractivity contribution >= 4 is 40.1 Å². The van der Waals surface area contributed by atoms with Gasteiger partial charge < -0.3 is 34.5 Å². The van der Waals surface area contributed by atoms with Crippen molar-refractivity contribution in [3.05, 3.63) is 95.9 Å². The number of likely N-dealkylation sites (N-methyl/N-ethyl adjacent to an activating group) is 1. The van der Waals surface area contributed by atoms with Crippen molar-refractivity contribution in [2.24, 2.45) is 22.7 Å². The number of anilines is 1. The number of benzene rings is 2. The molecule has 1 aliphatic heterocycles. The van der Waals surface area contributed by atoms with E-state index in [-0.39, 0.29) is 50.2 Å². The maximum absolute atomic E-state index is 17.8. The third kappa shape index (κ3) is 7.48. The zero-order valence-corrected chi connectivity index (χ0v) is 36.3. The van der Waals surface area contributed by atoms with E-state index in [1.54, 1.807) is 83.3 Å². The number of esters is 2. The highest BCUT2D eigenvalue weighted by atomic mass is 19.1. The molecule has 2 aromatic carbocycles. The standard InChI is InChI=1S/C48H55F2N3O10/c1-44(2)62-39-22-33-34-21-36(49)35-20-32(54)15-17-45(35,3)47(34,50)37(55)23-46(33,4)48(39,63-44)38(56)26-61-41(58)14-13-40(57)60-25-27-7-9-28(10-8-27)42(53(5)6)43(59)52-31-12-11-30-24-51-18-16-29(30)19-31/h7-12,15-20,24,32-34,36-37,39,42,54-55H,13-14,21-23,25-26H2,1-6H3,(H,52,59)/t32?,33-,34-,36-,37-,39+,42+,45-,46-,47-,48+/m0/s1. The summed E-state index contributed by atoms with van der Waals surface area (Å²) in [6.07, 6.45) is 1.34. The molecule has 1 aromatic heterocycles. The third-order valence-corrected chi connectivity index (χ3v) is 14.4. The first-order valence-corrected chi connectivity index (χ1v) is 21.5. The van der Waals surface area contributed by atoms with Crippen molar-refractivity contribution in [1.29, 1.82) is 0 Å². The molecular formula is C48H55F2N3O10. The number of ether oxygens (including phenoxy) is 4. The molecule has 5 aliphatic rings. The van der Waals surface area contributed by atoms with Gasteiger partial charge in [-0.15, -0.1) is 0 Å². The van der Waals surface area contributed by atoms with Gasteiger partial charge in [0.25, 0.3) is 0 Å². The summed E-state index contributed by atoms with van der Waals surface area (Å²) in [6.45, 7) is 5.75. The average Bonchev–Trinajstić information content (AvgIpc) is 3.65. The van der Waals surface area contributed by atoms with Crippen molar-refractivity contribution in [2.45, 2.75) is 114 Å². The van der Waals surface area contributed by atoms with Gasteiger partial charge in [-0.2, -0.15) is 0 Å². The number of hydrogen-bond donors (Lipinski definition) is 3. The number of carbonyl (C=O) groups excluding carboxylic acids is 4. The number of aliphatic hydroxyl groups is 2. The summed E-state index contributed by atoms with van der Waals surface area (Å²) < 4.78 is 57.3. The van der Waals surface area contributed by atoms with Crippen molar-refractivity contribution in [1.82, 2.24) is 9.88 Å². The maximum atomic E-state index is 17.8. The molecule has 15 heteroatoms. The third-order valence-electron chi connectivity index (χ3n) is 14.4. The Morgan fingerprint density at radius 2 is 1.67 bits per heavy atom. The highest BCUT2D eigenvalue weighted by Gasteiger charge is 2.80. The van der Waals surface area contributed by atoms with Crippen molar-refractivity contribution in [2.75, 3.05) is 26.0 Å². The normalized spacial score (nSPS) is 34.2. The number of pyridine rings is 1. The molecule has 1 unspecified atom stereocenters. The fourth-order valence-electron chi connectivity index (χ4n) is 11.5. The molecule has 336 valence electrons. The molecule has 1 saturated heterocycles. The Morgan fingerprint density at radius 1 is 0.952 bits per heavy atom. The Bertz CT molecular complexity index is 2370. The van der Waals surface area contributed by atoms with Crippen LogP contribution in [-0.2, 0) is 44.7 Å². The largest absolute Gasteiger partial charge is 0.461 e. The molecule has 0 bridgehead atoms. The van der Waals surface area contributed by atoms with Crippen molar-refractivity contribution in [3.8, 4) is 0 Å². The first-order chi connectivity index (χ1) is 29.7. The second-order valence-corrected chi connectivity index (χ2v) is 18.9. The van der Waals surface area contributed by atoms with Gasteiger partial charge in [0.15, 0.2) is 23.7 Å². The Labute approximate surface area is 364 Å². The minimum Gasteiger partial charge on any atom is -0.461 e. The topological polar surface area (TPSA) is 174 Å². The number of ketones is 1. The van der Waals surface area contributed by atoms with Gasteiger partial charge in [0.2, 0.25) is 11.7 Å². The molecule has 1 amide bonds. The summed E-state index contributed by atoms with van der Waals surface area (Å²) in [6, 6.07) is 13.9. The summed E-state index contributed by atoms with van der Waals surface area (Å²) >= 11 is 0. The van der Waals surface area contributed by atoms with E-state index in [0.29, 0.717) is 11.3 Å². The van der Waals surface area contributed by atoms with E-state index < -0.39 is 94.6 Å². The lowest BCUT2D eigenvalue weighted by molar-refractivity contribution is -0.249. The average molecular weight is 872 g/mol. The number of alkyl halides is 2. The molecule has 63 heavy (non-hydrogen) atoms. The van der Waals surface area contributed by atoms with Crippen LogP contribution in [0, 0.1) is 22.7 Å². The first kappa shape index (κ1) is 44.7. The van der Waals surface area contributed by atoms with Gasteiger partial charge in [-0.3, -0.25) is 29.1 Å². The molecule has 11 atom stereocenters. The van der Waals surface area contributed by atoms with E-state index in [1.807, 2.05) is 24.3 Å². The van der Waals surface area contributed by atoms with Crippen LogP contribution < -0.4 is 5.32 Å². The fraction of sp³-hybridized carbons (Fsp3) is 0.521. The Kier molecular flexibility index (Phi) is 11.5. The summed E-state index contributed by atoms with van der Waals surface area (Å²) in [5.74, 6) is -5.32. The van der Waals surface area contributed by atoms with Crippen LogP contribution in [0.15, 0.2) is 84.7 Å². The molecule has 0 spiro atoms. The summed E-state index contributed by atoms with van der Waals surface area (Å²) in [4.78, 5) is 59.4. The number of hydrogen-bond acceptors (Lipinski definition) is 12. The Balaban J connectivity index is 0.864. The highest BCUT2D eigenvalue weighted by molar-refractivity contribution is 5.97. The number of aromatic nitrogens is 1. The summed E-state index contributed by atoms with van der Waals surface area (Å²) in [5.41, 5.74) is -4.74. The molecule has 4 aliphatic carbocycles. The van der Waals surface area contributed by atoms with Crippen LogP contribution >= 0.6 is 0 Å². The van der Waals surface area contributed by atoms with Gasteiger partial charge in [0.1, 0.15) is 18.8 Å². The van der Waals surface area contributed by atoms with Crippen LogP contribution in [0.25, 0.3) is 10.8 Å². The highest BCUT2D eigenvalue weighted by Crippen LogP contribution is 2.72. The molecule has 3 aromatic rings. The number of nitrogens with one attached hydrogen (secondary N) is 1. The smallest absolute Gasteiger partial charge is 0.306 e. The zero-order valence-electron chi connectivity index (χ0n) is 36.3. The molecule has 3 N–H and O–H groups in total. The van der Waals surface area contributed by atoms with E-state index in [1.165, 1.54) is 18.2 Å². The van der Waals surface area contributed by atoms with Gasteiger partial charge in [-0.25, -0.2) is 8.78 Å². The number of Topliss-reactive ketones (excluding diaryl/α,β-unsaturated/α-hetero) is 1. The maximum Gasteiger partial charge on any atom is 0.306 e. The monoisotopic (exact) mass is 871 g/mol. The Morgan fingerprint density at radius 3 is 2.38 bits per heavy atom. The summed E-state index contributed by atoms with van der Waals surface area (Å²) in [5, 5.41) is 26.9. The second kappa shape index (κ2) is 16.3. The molecule has 13 nitrogen and oxygen atoms in total. The number of halogens is 2. The number of aliphatic hydroxyl groups excluding tert-OH is 2. The molecule has 0 radical (unpaired) electrons. The number of nitrogens with zero attached hydrogens (tertiary/aromatic N) is 2. The van der Waals surface area contributed by atoms with Crippen LogP contribution in [0.5, 0.6) is 0 Å². The minimum absolute atomic E-state index is 0.0840. The van der Waals surface area contributed by atoms with Gasteiger partial charge in [0.05, 0.1) is 31.2 Å². The van der Waals surface area contributed by atoms with E-state index in [9.17, 15) is 29.4 Å². The van der Waals surface area contributed by atoms with Crippen LogP contribution in [0.2, 0.25) is 0 Å². The van der Waals surface area contributed by atoms with E-state index in [0.717, 1.165) is 16.3 Å². The first-order valence-electron chi connectivity index (χ1n) is 21.5. The summed E-state index contributed by atoms with van der Waals surface area (Å²) in [7, 11) is 3.61. The molecule has 8 rings (SSSR count). The van der Waals surface area contributed by atoms with Crippen LogP contribution in [0.1, 0.15) is 77.0 Å². The number of carbonyl (C=O) groups is 4. The Hall–Kier alpha value is -4.93. The zero-order chi connectivity index (χ0) is 45.3. The molecule has 3 saturated carbocycles. The van der Waals surface area contributed by atoms with Crippen LogP contribution in [0.4, 0.5) is 14.5 Å². The number of amides is 1. The lowest BCUT2D eigenvalue weighted by atomic mass is 9.44. The van der Waals surface area contributed by atoms with E-state index >= 15 is 8.78 Å². The lowest BCUT2D eigenvalue weighted by Crippen LogP contribution is -2.71. The lowest BCUT2D eigenvalue weighted by Gasteiger charge is -2.63. The van der Waals surface area contributed by atoms with Crippen molar-refractivity contribution in [3.63, 3.8) is 0 Å². The van der Waals surface area contributed by atoms with Crippen molar-refractivity contribution < 1.29 is 57.1 Å². The SMILES string of the molecule is CN(C)[C@@H](C(=O)Nc1ccc2cnccc2c1)c1ccc(COC(=O)CCC(=O)OCC(=O)[C@@]23OC(C)(C)O[C@@H]2C[C@H]2[C@@H]4C[C@H](F)C5=CC(O)C=C[C@]5(C)[C@@]4(F)[C@@H](O)C[C@@]23C)cc1. The quantitative estimate of drug-likeness (QED) is 0.143. The van der Waals surface area contributed by atoms with Gasteiger partial charge in [-0.05, 0) is 106 Å². The second-order valence-electron chi connectivity index (χ2n) is 18.9. The van der Waals surface area contributed by atoms with E-state index in [4.69, 9.17) is 18.9 Å². The molecule has 2 heterocycles. The molecule has 4 fully saturated rings. The predicted molar refractivity (Wildman–Crippen MR) is 226 cm³/mol. The van der Waals surface area contributed by atoms with Crippen LogP contribution in [0.3, 0.4) is 0 Å². The predicted octanol–water partition coefficient (Wildman–Crippen LogP) is 6.02. The fourth-order valence-corrected chi connectivity index (χ4v) is 11.5. The van der Waals surface area contributed by atoms with Gasteiger partial charge in [0, 0.05) is 40.2 Å². The number of rotatable bonds is 12. The van der Waals surface area contributed by atoms with E-state index in [2.05, 4.69) is 10.3 Å². The van der Waals surface area contributed by atoms with Crippen LogP contribution in [-0.4, -0.2) is 106 Å². The number of fused-ring (bicyclic) bond motifs is 8. The molecular weight excluding hydrogens is 817 g/mol. The number of allylic oxidation sites excluding steroid dienone is 2. The minimum atomic E-state index is -2.32. The van der Waals surface area contributed by atoms with Gasteiger partial charge >= 0.3 is 11.9 Å².